The number of nitrogens with one attached hydrogen (secondary N) is 2. The zero-order valence-corrected chi connectivity index (χ0v) is 10.1. The number of hydrogen-bond acceptors (Lipinski definition) is 4. The highest BCUT2D eigenvalue weighted by molar-refractivity contribution is 7.86. The third-order valence-corrected chi connectivity index (χ3v) is 2.74. The van der Waals surface area contributed by atoms with Crippen LogP contribution in [-0.2, 0) is 14.9 Å². The first-order valence-corrected chi connectivity index (χ1v) is 5.83. The maximum absolute atomic E-state index is 10.8. The van der Waals surface area contributed by atoms with E-state index in [9.17, 15) is 13.2 Å². The zero-order chi connectivity index (χ0) is 12.2. The lowest BCUT2D eigenvalue weighted by atomic mass is 10.7. The molecule has 0 aliphatic heterocycles. The molecule has 0 heterocycles. The second-order valence-corrected chi connectivity index (χ2v) is 4.97. The van der Waals surface area contributed by atoms with Crippen LogP contribution in [-0.4, -0.2) is 41.4 Å². The van der Waals surface area contributed by atoms with Crippen LogP contribution in [0.3, 0.4) is 0 Å². The van der Waals surface area contributed by atoms with Gasteiger partial charge in [0.1, 0.15) is 0 Å². The largest absolute Gasteiger partial charge is 0.343 e. The van der Waals surface area contributed by atoms with Crippen LogP contribution in [0.4, 0.5) is 0 Å². The molecule has 0 aromatic rings. The molecule has 0 rings (SSSR count). The average molecular weight is 255 g/mol. The highest BCUT2D eigenvalue weighted by Gasteiger charge is 2.18. The summed E-state index contributed by atoms with van der Waals surface area (Å²) >= 11 is 4.70. The molecule has 0 aromatic carbocycles. The van der Waals surface area contributed by atoms with Gasteiger partial charge in [-0.25, -0.2) is 0 Å². The summed E-state index contributed by atoms with van der Waals surface area (Å²) in [5.41, 5.74) is 2.41. The Hall–Kier alpha value is -0.930. The Balaban J connectivity index is 4.23. The topological polar surface area (TPSA) is 98.7 Å². The number of rotatable bonds is 2. The van der Waals surface area contributed by atoms with Gasteiger partial charge in [-0.15, -0.1) is 0 Å². The second-order valence-electron chi connectivity index (χ2n) is 2.82. The van der Waals surface area contributed by atoms with Crippen molar-refractivity contribution in [2.45, 2.75) is 19.2 Å². The van der Waals surface area contributed by atoms with Gasteiger partial charge in [-0.05, 0) is 19.1 Å². The predicted molar refractivity (Wildman–Crippen MR) is 58.3 cm³/mol. The molecule has 1 unspecified atom stereocenters. The minimum Gasteiger partial charge on any atom is -0.343 e. The Labute approximate surface area is 93.5 Å². The lowest BCUT2D eigenvalue weighted by Crippen LogP contribution is -2.50. The van der Waals surface area contributed by atoms with Crippen LogP contribution >= 0.6 is 12.2 Å². The molecule has 0 radical (unpaired) electrons. The number of amides is 1. The summed E-state index contributed by atoms with van der Waals surface area (Å²) in [5.74, 6) is -0.293. The Morgan fingerprint density at radius 2 is 2.00 bits per heavy atom. The molecule has 9 heteroatoms. The lowest BCUT2D eigenvalue weighted by molar-refractivity contribution is -0.129. The van der Waals surface area contributed by atoms with E-state index in [1.165, 1.54) is 20.9 Å². The van der Waals surface area contributed by atoms with Crippen LogP contribution in [0.25, 0.3) is 0 Å². The fourth-order valence-electron chi connectivity index (χ4n) is 0.522. The van der Waals surface area contributed by atoms with Gasteiger partial charge in [0.05, 0.1) is 0 Å². The van der Waals surface area contributed by atoms with Crippen molar-refractivity contribution in [3.05, 3.63) is 0 Å². The molecular weight excluding hydrogens is 242 g/mol. The fourth-order valence-corrected chi connectivity index (χ4v) is 1.18. The zero-order valence-electron chi connectivity index (χ0n) is 8.51. The van der Waals surface area contributed by atoms with Crippen LogP contribution in [0.2, 0.25) is 0 Å². The number of nitrogens with zero attached hydrogens (tertiary/aromatic N) is 1. The summed E-state index contributed by atoms with van der Waals surface area (Å²) < 4.78 is 29.8. The van der Waals surface area contributed by atoms with Gasteiger partial charge < -0.3 is 5.32 Å². The quantitative estimate of drug-likeness (QED) is 0.333. The van der Waals surface area contributed by atoms with E-state index in [0.717, 1.165) is 5.01 Å². The van der Waals surface area contributed by atoms with E-state index in [2.05, 4.69) is 10.7 Å². The van der Waals surface area contributed by atoms with Gasteiger partial charge in [-0.3, -0.25) is 19.8 Å². The number of thiocarbonyl (C=S) groups is 1. The third-order valence-electron chi connectivity index (χ3n) is 1.52. The van der Waals surface area contributed by atoms with E-state index >= 15 is 0 Å². The molecule has 0 fully saturated rings. The summed E-state index contributed by atoms with van der Waals surface area (Å²) in [6.07, 6.45) is 0. The summed E-state index contributed by atoms with van der Waals surface area (Å²) in [5, 5.41) is 2.06. The van der Waals surface area contributed by atoms with Crippen LogP contribution in [0.5, 0.6) is 0 Å². The Morgan fingerprint density at radius 3 is 2.33 bits per heavy atom. The van der Waals surface area contributed by atoms with Crippen molar-refractivity contribution in [3.8, 4) is 0 Å². The van der Waals surface area contributed by atoms with Crippen molar-refractivity contribution < 1.29 is 17.8 Å². The van der Waals surface area contributed by atoms with Gasteiger partial charge in [0.25, 0.3) is 10.1 Å². The van der Waals surface area contributed by atoms with Crippen molar-refractivity contribution in [1.82, 2.24) is 15.8 Å². The molecule has 0 saturated carbocycles. The Kier molecular flexibility index (Phi) is 4.91. The summed E-state index contributed by atoms with van der Waals surface area (Å²) in [6.45, 7) is 2.53. The molecule has 15 heavy (non-hydrogen) atoms. The van der Waals surface area contributed by atoms with Crippen molar-refractivity contribution in [2.24, 2.45) is 0 Å². The van der Waals surface area contributed by atoms with Crippen LogP contribution in [0.15, 0.2) is 0 Å². The summed E-state index contributed by atoms with van der Waals surface area (Å²) in [6, 6.07) is 0. The molecule has 88 valence electrons. The fraction of sp³-hybridized carbons (Fsp3) is 0.667. The molecule has 3 N–H and O–H groups in total. The molecule has 0 spiro atoms. The van der Waals surface area contributed by atoms with Crippen molar-refractivity contribution in [1.29, 1.82) is 0 Å². The summed E-state index contributed by atoms with van der Waals surface area (Å²) in [7, 11) is -2.77. The van der Waals surface area contributed by atoms with Gasteiger partial charge in [0, 0.05) is 14.0 Å². The van der Waals surface area contributed by atoms with Crippen molar-refractivity contribution in [3.63, 3.8) is 0 Å². The van der Waals surface area contributed by atoms with E-state index < -0.39 is 15.5 Å². The standard InChI is InChI=1S/C6H13N3O4S2/c1-4(15(11,12)13)7-6(14)8-9(3)5(2)10/h4H,1-3H3,(H2,7,8,14)(H,11,12,13). The van der Waals surface area contributed by atoms with Crippen molar-refractivity contribution in [2.75, 3.05) is 7.05 Å². The SMILES string of the molecule is CC(=O)N(C)NC(=S)NC(C)S(=O)(=O)O. The number of carbonyl (C=O) groups is 1. The minimum absolute atomic E-state index is 0.0715. The average Bonchev–Trinajstić information content (AvgIpc) is 2.01. The van der Waals surface area contributed by atoms with Crippen molar-refractivity contribution >= 4 is 33.4 Å². The number of carbonyl (C=O) groups excluding carboxylic acids is 1. The molecule has 1 amide bonds. The minimum atomic E-state index is -4.20. The van der Waals surface area contributed by atoms with Crippen LogP contribution in [0.1, 0.15) is 13.8 Å². The highest BCUT2D eigenvalue weighted by Crippen LogP contribution is 1.92. The van der Waals surface area contributed by atoms with Gasteiger partial charge in [0.2, 0.25) is 5.91 Å². The second kappa shape index (κ2) is 5.24. The lowest BCUT2D eigenvalue weighted by Gasteiger charge is -2.20. The van der Waals surface area contributed by atoms with E-state index in [1.807, 2.05) is 0 Å². The van der Waals surface area contributed by atoms with E-state index in [-0.39, 0.29) is 11.0 Å². The van der Waals surface area contributed by atoms with E-state index in [4.69, 9.17) is 16.8 Å². The van der Waals surface area contributed by atoms with Gasteiger partial charge in [-0.1, -0.05) is 0 Å². The first-order chi connectivity index (χ1) is 6.64. The molecule has 0 saturated heterocycles. The normalized spacial score (nSPS) is 12.8. The molecule has 0 aliphatic rings. The molecule has 0 aliphatic carbocycles. The maximum atomic E-state index is 10.8. The van der Waals surface area contributed by atoms with E-state index in [1.54, 1.807) is 0 Å². The molecule has 0 aromatic heterocycles. The first kappa shape index (κ1) is 14.1. The Bertz CT molecular complexity index is 353. The number of hydrazine groups is 1. The molecule has 0 bridgehead atoms. The molecular formula is C6H13N3O4S2. The van der Waals surface area contributed by atoms with E-state index in [0.29, 0.717) is 0 Å². The maximum Gasteiger partial charge on any atom is 0.285 e. The smallest absolute Gasteiger partial charge is 0.285 e. The molecule has 1 atom stereocenters. The third kappa shape index (κ3) is 5.50. The molecule has 7 nitrogen and oxygen atoms in total. The Morgan fingerprint density at radius 1 is 1.53 bits per heavy atom. The van der Waals surface area contributed by atoms with Crippen LogP contribution in [0, 0.1) is 0 Å². The number of hydrogen-bond donors (Lipinski definition) is 3. The highest BCUT2D eigenvalue weighted by atomic mass is 32.2. The van der Waals surface area contributed by atoms with Crippen LogP contribution < -0.4 is 10.7 Å². The monoisotopic (exact) mass is 255 g/mol. The summed E-state index contributed by atoms with van der Waals surface area (Å²) in [4.78, 5) is 10.8. The van der Waals surface area contributed by atoms with Gasteiger partial charge >= 0.3 is 0 Å². The predicted octanol–water partition coefficient (Wildman–Crippen LogP) is -0.922. The first-order valence-electron chi connectivity index (χ1n) is 3.92. The van der Waals surface area contributed by atoms with Gasteiger partial charge in [0.15, 0.2) is 10.5 Å². The van der Waals surface area contributed by atoms with Gasteiger partial charge in [-0.2, -0.15) is 8.42 Å².